The largest absolute Gasteiger partial charge is 0.497 e. The maximum atomic E-state index is 12.5. The first-order chi connectivity index (χ1) is 14.0. The fourth-order valence-corrected chi connectivity index (χ4v) is 3.57. The van der Waals surface area contributed by atoms with Gasteiger partial charge in [0.2, 0.25) is 5.91 Å². The van der Waals surface area contributed by atoms with Gasteiger partial charge >= 0.3 is 6.61 Å². The van der Waals surface area contributed by atoms with Crippen molar-refractivity contribution in [2.24, 2.45) is 0 Å². The van der Waals surface area contributed by atoms with Gasteiger partial charge < -0.3 is 19.5 Å². The van der Waals surface area contributed by atoms with Gasteiger partial charge in [-0.3, -0.25) is 9.69 Å². The molecule has 1 heterocycles. The molecule has 0 aliphatic carbocycles. The number of benzene rings is 2. The summed E-state index contributed by atoms with van der Waals surface area (Å²) in [5, 5.41) is 2.79. The zero-order chi connectivity index (χ0) is 20.8. The molecule has 0 radical (unpaired) electrons. The second-order valence-corrected chi connectivity index (χ2v) is 6.69. The Labute approximate surface area is 168 Å². The first kappa shape index (κ1) is 20.9. The second-order valence-electron chi connectivity index (χ2n) is 6.69. The fourth-order valence-electron chi connectivity index (χ4n) is 3.57. The average molecular weight is 406 g/mol. The summed E-state index contributed by atoms with van der Waals surface area (Å²) < 4.78 is 39.5. The van der Waals surface area contributed by atoms with Crippen LogP contribution in [0.3, 0.4) is 0 Å². The van der Waals surface area contributed by atoms with Crippen molar-refractivity contribution in [1.82, 2.24) is 4.90 Å². The summed E-state index contributed by atoms with van der Waals surface area (Å²) in [6.45, 7) is -1.86. The topological polar surface area (TPSA) is 60.0 Å². The van der Waals surface area contributed by atoms with E-state index in [9.17, 15) is 13.6 Å². The number of hydrogen-bond donors (Lipinski definition) is 1. The number of anilines is 1. The molecule has 0 bridgehead atoms. The van der Waals surface area contributed by atoms with Crippen LogP contribution < -0.4 is 19.5 Å². The van der Waals surface area contributed by atoms with Crippen molar-refractivity contribution in [2.75, 3.05) is 32.6 Å². The normalized spacial score (nSPS) is 16.7. The van der Waals surface area contributed by atoms with E-state index in [-0.39, 0.29) is 24.2 Å². The molecule has 1 fully saturated rings. The number of carbonyl (C=O) groups is 1. The monoisotopic (exact) mass is 406 g/mol. The van der Waals surface area contributed by atoms with Crippen LogP contribution in [0.2, 0.25) is 0 Å². The Balaban J connectivity index is 1.64. The van der Waals surface area contributed by atoms with Crippen LogP contribution in [-0.2, 0) is 4.79 Å². The number of nitrogens with one attached hydrogen (secondary N) is 1. The SMILES string of the molecule is COc1ccc([C@@H]2CCCN2CC(=O)Nc2ccc(OC(F)F)cc2)c(OC)c1. The number of likely N-dealkylation sites (tertiary alicyclic amines) is 1. The van der Waals surface area contributed by atoms with Crippen molar-refractivity contribution >= 4 is 11.6 Å². The van der Waals surface area contributed by atoms with Crippen molar-refractivity contribution < 1.29 is 27.8 Å². The highest BCUT2D eigenvalue weighted by Gasteiger charge is 2.29. The summed E-state index contributed by atoms with van der Waals surface area (Å²) in [6.07, 6.45) is 1.91. The van der Waals surface area contributed by atoms with Gasteiger partial charge in [-0.15, -0.1) is 0 Å². The Kier molecular flexibility index (Phi) is 6.87. The molecule has 1 atom stereocenters. The summed E-state index contributed by atoms with van der Waals surface area (Å²) in [6, 6.07) is 11.6. The molecule has 0 spiro atoms. The minimum atomic E-state index is -2.88. The smallest absolute Gasteiger partial charge is 0.387 e. The summed E-state index contributed by atoms with van der Waals surface area (Å²) in [7, 11) is 3.22. The van der Waals surface area contributed by atoms with E-state index < -0.39 is 6.61 Å². The van der Waals surface area contributed by atoms with Crippen LogP contribution in [0.1, 0.15) is 24.4 Å². The van der Waals surface area contributed by atoms with Crippen LogP contribution in [0.15, 0.2) is 42.5 Å². The van der Waals surface area contributed by atoms with Crippen LogP contribution in [0.5, 0.6) is 17.2 Å². The van der Waals surface area contributed by atoms with Crippen LogP contribution in [0.4, 0.5) is 14.5 Å². The third-order valence-corrected chi connectivity index (χ3v) is 4.87. The number of halogens is 2. The molecule has 0 aromatic heterocycles. The first-order valence-electron chi connectivity index (χ1n) is 9.31. The fraction of sp³-hybridized carbons (Fsp3) is 0.381. The molecule has 29 heavy (non-hydrogen) atoms. The van der Waals surface area contributed by atoms with E-state index in [1.54, 1.807) is 14.2 Å². The molecule has 3 rings (SSSR count). The van der Waals surface area contributed by atoms with E-state index in [1.807, 2.05) is 18.2 Å². The summed E-state index contributed by atoms with van der Waals surface area (Å²) in [4.78, 5) is 14.6. The number of ether oxygens (including phenoxy) is 3. The molecule has 8 heteroatoms. The van der Waals surface area contributed by atoms with Gasteiger partial charge in [-0.1, -0.05) is 6.07 Å². The maximum absolute atomic E-state index is 12.5. The number of alkyl halides is 2. The Hall–Kier alpha value is -2.87. The molecule has 1 amide bonds. The predicted octanol–water partition coefficient (Wildman–Crippen LogP) is 4.08. The molecule has 1 N–H and O–H groups in total. The minimum Gasteiger partial charge on any atom is -0.497 e. The van der Waals surface area contributed by atoms with E-state index >= 15 is 0 Å². The van der Waals surface area contributed by atoms with Crippen LogP contribution in [0, 0.1) is 0 Å². The zero-order valence-corrected chi connectivity index (χ0v) is 16.4. The van der Waals surface area contributed by atoms with Gasteiger partial charge in [0, 0.05) is 23.4 Å². The lowest BCUT2D eigenvalue weighted by Gasteiger charge is -2.26. The molecule has 1 saturated heterocycles. The van der Waals surface area contributed by atoms with E-state index in [2.05, 4.69) is 15.0 Å². The van der Waals surface area contributed by atoms with E-state index in [1.165, 1.54) is 24.3 Å². The van der Waals surface area contributed by atoms with E-state index in [0.717, 1.165) is 30.7 Å². The first-order valence-corrected chi connectivity index (χ1v) is 9.31. The third kappa shape index (κ3) is 5.35. The number of nitrogens with zero attached hydrogens (tertiary/aromatic N) is 1. The van der Waals surface area contributed by atoms with Crippen molar-refractivity contribution in [2.45, 2.75) is 25.5 Å². The van der Waals surface area contributed by atoms with Gasteiger partial charge in [0.05, 0.1) is 20.8 Å². The number of amides is 1. The van der Waals surface area contributed by atoms with Gasteiger partial charge in [-0.05, 0) is 49.7 Å². The van der Waals surface area contributed by atoms with E-state index in [0.29, 0.717) is 11.4 Å². The van der Waals surface area contributed by atoms with E-state index in [4.69, 9.17) is 9.47 Å². The summed E-state index contributed by atoms with van der Waals surface area (Å²) in [5.74, 6) is 1.32. The Morgan fingerprint density at radius 2 is 1.86 bits per heavy atom. The van der Waals surface area contributed by atoms with Gasteiger partial charge in [0.25, 0.3) is 0 Å². The minimum absolute atomic E-state index is 0.0456. The number of carbonyl (C=O) groups excluding carboxylic acids is 1. The number of rotatable bonds is 8. The lowest BCUT2D eigenvalue weighted by molar-refractivity contribution is -0.117. The van der Waals surface area contributed by atoms with Gasteiger partial charge in [-0.2, -0.15) is 8.78 Å². The van der Waals surface area contributed by atoms with Crippen LogP contribution >= 0.6 is 0 Å². The molecule has 1 aliphatic rings. The van der Waals surface area contributed by atoms with Crippen molar-refractivity contribution in [3.05, 3.63) is 48.0 Å². The molecular weight excluding hydrogens is 382 g/mol. The number of hydrogen-bond acceptors (Lipinski definition) is 5. The van der Waals surface area contributed by atoms with Crippen molar-refractivity contribution in [1.29, 1.82) is 0 Å². The average Bonchev–Trinajstić information content (AvgIpc) is 3.16. The van der Waals surface area contributed by atoms with Gasteiger partial charge in [-0.25, -0.2) is 0 Å². The molecule has 2 aromatic rings. The van der Waals surface area contributed by atoms with Gasteiger partial charge in [0.1, 0.15) is 17.2 Å². The Morgan fingerprint density at radius 1 is 1.14 bits per heavy atom. The summed E-state index contributed by atoms with van der Waals surface area (Å²) in [5.41, 5.74) is 1.54. The van der Waals surface area contributed by atoms with Crippen LogP contribution in [-0.4, -0.2) is 44.7 Å². The third-order valence-electron chi connectivity index (χ3n) is 4.87. The maximum Gasteiger partial charge on any atom is 0.387 e. The van der Waals surface area contributed by atoms with Crippen molar-refractivity contribution in [3.8, 4) is 17.2 Å². The molecule has 1 aliphatic heterocycles. The second kappa shape index (κ2) is 9.56. The lowest BCUT2D eigenvalue weighted by atomic mass is 10.0. The summed E-state index contributed by atoms with van der Waals surface area (Å²) >= 11 is 0. The van der Waals surface area contributed by atoms with Crippen LogP contribution in [0.25, 0.3) is 0 Å². The molecule has 156 valence electrons. The predicted molar refractivity (Wildman–Crippen MR) is 105 cm³/mol. The quantitative estimate of drug-likeness (QED) is 0.716. The zero-order valence-electron chi connectivity index (χ0n) is 16.4. The highest BCUT2D eigenvalue weighted by molar-refractivity contribution is 5.92. The molecule has 6 nitrogen and oxygen atoms in total. The van der Waals surface area contributed by atoms with Gasteiger partial charge in [0.15, 0.2) is 0 Å². The molecule has 2 aromatic carbocycles. The highest BCUT2D eigenvalue weighted by Crippen LogP contribution is 2.38. The standard InChI is InChI=1S/C21H24F2N2O4/c1-27-16-9-10-17(19(12-16)28-2)18-4-3-11-25(18)13-20(26)24-14-5-7-15(8-6-14)29-21(22)23/h5-10,12,18,21H,3-4,11,13H2,1-2H3,(H,24,26)/t18-/m0/s1. The molecule has 0 unspecified atom stereocenters. The van der Waals surface area contributed by atoms with Crippen molar-refractivity contribution in [3.63, 3.8) is 0 Å². The lowest BCUT2D eigenvalue weighted by Crippen LogP contribution is -2.33. The highest BCUT2D eigenvalue weighted by atomic mass is 19.3. The Morgan fingerprint density at radius 3 is 2.52 bits per heavy atom. The molecule has 0 saturated carbocycles. The molecular formula is C21H24F2N2O4. The Bertz CT molecular complexity index is 830. The number of methoxy groups -OCH3 is 2.